The van der Waals surface area contributed by atoms with Crippen LogP contribution in [0, 0.1) is 0 Å². The Morgan fingerprint density at radius 1 is 1.23 bits per heavy atom. The fraction of sp³-hybridized carbons (Fsp3) is 0.667. The largest absolute Gasteiger partial charge is 0.444 e. The summed E-state index contributed by atoms with van der Waals surface area (Å²) in [6, 6.07) is 1.58. The van der Waals surface area contributed by atoms with E-state index < -0.39 is 5.60 Å². The van der Waals surface area contributed by atoms with Crippen LogP contribution in [0.3, 0.4) is 0 Å². The molecule has 9 nitrogen and oxygen atoms in total. The van der Waals surface area contributed by atoms with Gasteiger partial charge >= 0.3 is 6.09 Å². The highest BCUT2D eigenvalue weighted by Gasteiger charge is 2.38. The number of nitrogens with zero attached hydrogens (tertiary/aromatic N) is 5. The van der Waals surface area contributed by atoms with Crippen LogP contribution in [-0.2, 0) is 18.4 Å². The van der Waals surface area contributed by atoms with E-state index in [1.54, 1.807) is 23.8 Å². The van der Waals surface area contributed by atoms with Crippen LogP contribution < -0.4 is 10.5 Å². The van der Waals surface area contributed by atoms with Crippen LogP contribution in [0.4, 0.5) is 10.5 Å². The molecule has 0 unspecified atom stereocenters. The Bertz CT molecular complexity index is 974. The molecule has 1 fully saturated rings. The number of carbonyl (C=O) groups is 1. The minimum atomic E-state index is -0.553. The summed E-state index contributed by atoms with van der Waals surface area (Å²) in [6.07, 6.45) is 2.94. The van der Waals surface area contributed by atoms with Crippen molar-refractivity contribution in [3.05, 3.63) is 28.3 Å². The highest BCUT2D eigenvalue weighted by atomic mass is 16.6. The third-order valence-corrected chi connectivity index (χ3v) is 5.61. The van der Waals surface area contributed by atoms with Crippen molar-refractivity contribution in [3.63, 3.8) is 0 Å². The molecule has 0 aromatic carbocycles. The first-order valence-electron chi connectivity index (χ1n) is 10.5. The van der Waals surface area contributed by atoms with E-state index in [1.165, 1.54) is 4.68 Å². The zero-order valence-corrected chi connectivity index (χ0v) is 18.8. The molecule has 1 aliphatic heterocycles. The summed E-state index contributed by atoms with van der Waals surface area (Å²) in [5, 5.41) is 9.53. The van der Waals surface area contributed by atoms with Crippen molar-refractivity contribution in [2.75, 3.05) is 18.0 Å². The first-order chi connectivity index (χ1) is 14.1. The molecule has 2 aromatic rings. The van der Waals surface area contributed by atoms with Gasteiger partial charge in [-0.05, 0) is 33.6 Å². The Labute approximate surface area is 176 Å². The van der Waals surface area contributed by atoms with Crippen LogP contribution in [-0.4, -0.2) is 61.1 Å². The van der Waals surface area contributed by atoms with Crippen molar-refractivity contribution in [2.24, 2.45) is 7.05 Å². The zero-order chi connectivity index (χ0) is 22.2. The van der Waals surface area contributed by atoms with Crippen molar-refractivity contribution >= 4 is 17.4 Å². The van der Waals surface area contributed by atoms with E-state index in [0.717, 1.165) is 18.5 Å². The lowest BCUT2D eigenvalue weighted by Crippen LogP contribution is -2.60. The molecule has 9 heteroatoms. The van der Waals surface area contributed by atoms with Crippen molar-refractivity contribution < 1.29 is 14.6 Å². The van der Waals surface area contributed by atoms with Gasteiger partial charge in [0.2, 0.25) is 0 Å². The van der Waals surface area contributed by atoms with Crippen molar-refractivity contribution in [1.82, 2.24) is 19.1 Å². The van der Waals surface area contributed by atoms with E-state index in [9.17, 15) is 14.7 Å². The van der Waals surface area contributed by atoms with Gasteiger partial charge in [0, 0.05) is 32.2 Å². The van der Waals surface area contributed by atoms with E-state index >= 15 is 0 Å². The maximum atomic E-state index is 12.8. The maximum Gasteiger partial charge on any atom is 0.410 e. The summed E-state index contributed by atoms with van der Waals surface area (Å²) in [5.41, 5.74) is 1.15. The number of amides is 1. The number of hydrogen-bond acceptors (Lipinski definition) is 6. The van der Waals surface area contributed by atoms with Crippen LogP contribution in [0.2, 0.25) is 0 Å². The van der Waals surface area contributed by atoms with Gasteiger partial charge in [-0.15, -0.1) is 0 Å². The second-order valence-corrected chi connectivity index (χ2v) is 8.86. The fourth-order valence-electron chi connectivity index (χ4n) is 3.98. The molecule has 166 valence electrons. The zero-order valence-electron chi connectivity index (χ0n) is 18.8. The minimum Gasteiger partial charge on any atom is -0.444 e. The molecule has 0 bridgehead atoms. The lowest BCUT2D eigenvalue weighted by molar-refractivity contribution is 0.00989. The molecule has 30 heavy (non-hydrogen) atoms. The Morgan fingerprint density at radius 3 is 2.47 bits per heavy atom. The Hall–Kier alpha value is -2.55. The van der Waals surface area contributed by atoms with Gasteiger partial charge in [0.1, 0.15) is 5.60 Å². The Balaban J connectivity index is 2.01. The van der Waals surface area contributed by atoms with Gasteiger partial charge in [-0.25, -0.2) is 19.0 Å². The normalized spacial score (nSPS) is 20.1. The molecule has 1 aliphatic rings. The number of aliphatic hydroxyl groups excluding tert-OH is 1. The number of aromatic nitrogens is 3. The average molecular weight is 420 g/mol. The van der Waals surface area contributed by atoms with E-state index in [1.807, 2.05) is 32.6 Å². The molecule has 1 N–H and O–H groups in total. The summed E-state index contributed by atoms with van der Waals surface area (Å²) >= 11 is 0. The number of rotatable bonds is 4. The first-order valence-corrected chi connectivity index (χ1v) is 10.5. The molecule has 1 amide bonds. The standard InChI is InChI=1S/C21H33N5O4/c1-7-15-12-25(20(29)30-21(3,4)5)16(8-2)11-24(15)17-9-18(28)23(6)26-10-14(13-27)22-19(17)26/h9-10,15-16,27H,7-8,11-13H2,1-6H3/t15-,16+/m0/s1. The van der Waals surface area contributed by atoms with Gasteiger partial charge in [0.25, 0.3) is 5.56 Å². The second-order valence-electron chi connectivity index (χ2n) is 8.86. The van der Waals surface area contributed by atoms with Gasteiger partial charge in [-0.3, -0.25) is 4.79 Å². The Kier molecular flexibility index (Phi) is 6.12. The number of piperazine rings is 1. The second kappa shape index (κ2) is 8.29. The summed E-state index contributed by atoms with van der Waals surface area (Å²) in [4.78, 5) is 34.0. The van der Waals surface area contributed by atoms with E-state index in [-0.39, 0.29) is 30.3 Å². The average Bonchev–Trinajstić information content (AvgIpc) is 3.13. The SMILES string of the molecule is CC[C@@H]1CN(c2cc(=O)n(C)n3cc(CO)nc23)[C@@H](CC)CN1C(=O)OC(C)(C)C. The van der Waals surface area contributed by atoms with Crippen LogP contribution in [0.25, 0.3) is 5.65 Å². The van der Waals surface area contributed by atoms with Crippen molar-refractivity contribution in [1.29, 1.82) is 0 Å². The number of carbonyl (C=O) groups excluding carboxylic acids is 1. The maximum absolute atomic E-state index is 12.8. The van der Waals surface area contributed by atoms with Gasteiger partial charge in [-0.2, -0.15) is 0 Å². The molecule has 0 saturated carbocycles. The summed E-state index contributed by atoms with van der Waals surface area (Å²) in [5.74, 6) is 0. The highest BCUT2D eigenvalue weighted by Crippen LogP contribution is 2.29. The summed E-state index contributed by atoms with van der Waals surface area (Å²) < 4.78 is 8.79. The van der Waals surface area contributed by atoms with Crippen molar-refractivity contribution in [2.45, 2.75) is 71.8 Å². The number of anilines is 1. The molecule has 3 rings (SSSR count). The molecule has 3 heterocycles. The van der Waals surface area contributed by atoms with Crippen molar-refractivity contribution in [3.8, 4) is 0 Å². The molecule has 1 saturated heterocycles. The number of fused-ring (bicyclic) bond motifs is 1. The third-order valence-electron chi connectivity index (χ3n) is 5.61. The quantitative estimate of drug-likeness (QED) is 0.816. The molecule has 0 radical (unpaired) electrons. The molecule has 0 aliphatic carbocycles. The third kappa shape index (κ3) is 4.16. The van der Waals surface area contributed by atoms with E-state index in [2.05, 4.69) is 16.8 Å². The molecule has 2 aromatic heterocycles. The lowest BCUT2D eigenvalue weighted by Gasteiger charge is -2.47. The molecule has 0 spiro atoms. The molecule has 2 atom stereocenters. The number of hydrogen-bond donors (Lipinski definition) is 1. The van der Waals surface area contributed by atoms with Gasteiger partial charge in [-0.1, -0.05) is 13.8 Å². The topological polar surface area (TPSA) is 92.3 Å². The Morgan fingerprint density at radius 2 is 1.90 bits per heavy atom. The summed E-state index contributed by atoms with van der Waals surface area (Å²) in [7, 11) is 1.68. The van der Waals surface area contributed by atoms with E-state index in [0.29, 0.717) is 24.4 Å². The highest BCUT2D eigenvalue weighted by molar-refractivity contribution is 5.72. The minimum absolute atomic E-state index is 0.0190. The van der Waals surface area contributed by atoms with Crippen LogP contribution in [0.1, 0.15) is 53.2 Å². The predicted molar refractivity (Wildman–Crippen MR) is 115 cm³/mol. The van der Waals surface area contributed by atoms with Gasteiger partial charge < -0.3 is 19.6 Å². The molecular formula is C21H33N5O4. The monoisotopic (exact) mass is 419 g/mol. The fourth-order valence-corrected chi connectivity index (χ4v) is 3.98. The first kappa shape index (κ1) is 22.1. The van der Waals surface area contributed by atoms with E-state index in [4.69, 9.17) is 4.74 Å². The smallest absolute Gasteiger partial charge is 0.410 e. The number of aryl methyl sites for hydroxylation is 1. The predicted octanol–water partition coefficient (Wildman–Crippen LogP) is 2.14. The van der Waals surface area contributed by atoms with Crippen LogP contribution >= 0.6 is 0 Å². The van der Waals surface area contributed by atoms with Crippen LogP contribution in [0.5, 0.6) is 0 Å². The van der Waals surface area contributed by atoms with Gasteiger partial charge in [0.15, 0.2) is 5.65 Å². The number of ether oxygens (including phenoxy) is 1. The van der Waals surface area contributed by atoms with Gasteiger partial charge in [0.05, 0.1) is 30.2 Å². The van der Waals surface area contributed by atoms with Crippen LogP contribution in [0.15, 0.2) is 17.1 Å². The number of aliphatic hydroxyl groups is 1. The molecular weight excluding hydrogens is 386 g/mol. The summed E-state index contributed by atoms with van der Waals surface area (Å²) in [6.45, 7) is 10.6. The number of imidazole rings is 1. The lowest BCUT2D eigenvalue weighted by atomic mass is 10.0.